The van der Waals surface area contributed by atoms with Gasteiger partial charge in [0.25, 0.3) is 0 Å². The fraction of sp³-hybridized carbons (Fsp3) is 0.214. The number of hydrogen-bond donors (Lipinski definition) is 1. The third kappa shape index (κ3) is 3.27. The van der Waals surface area contributed by atoms with Gasteiger partial charge in [-0.05, 0) is 30.2 Å². The van der Waals surface area contributed by atoms with Crippen molar-refractivity contribution in [3.8, 4) is 11.6 Å². The van der Waals surface area contributed by atoms with E-state index in [4.69, 9.17) is 10.5 Å². The van der Waals surface area contributed by atoms with Crippen LogP contribution in [0.25, 0.3) is 0 Å². The van der Waals surface area contributed by atoms with E-state index in [1.165, 1.54) is 12.1 Å². The Labute approximate surface area is 114 Å². The van der Waals surface area contributed by atoms with Crippen molar-refractivity contribution in [3.05, 3.63) is 53.2 Å². The van der Waals surface area contributed by atoms with Gasteiger partial charge in [0.15, 0.2) is 0 Å². The molecule has 0 aliphatic rings. The highest BCUT2D eigenvalue weighted by Crippen LogP contribution is 2.30. The van der Waals surface area contributed by atoms with Gasteiger partial charge in [-0.3, -0.25) is 0 Å². The average Bonchev–Trinajstić information content (AvgIpc) is 2.41. The molecule has 2 N–H and O–H groups in total. The largest absolute Gasteiger partial charge is 0.439 e. The maximum atomic E-state index is 12.6. The highest BCUT2D eigenvalue weighted by molar-refractivity contribution is 5.39. The van der Waals surface area contributed by atoms with E-state index < -0.39 is 11.9 Å². The smallest absolute Gasteiger partial charge is 0.433 e. The lowest BCUT2D eigenvalue weighted by molar-refractivity contribution is -0.141. The van der Waals surface area contributed by atoms with E-state index >= 15 is 0 Å². The first-order chi connectivity index (χ1) is 9.40. The van der Waals surface area contributed by atoms with Gasteiger partial charge in [-0.25, -0.2) is 4.98 Å². The SMILES string of the molecule is Cc1ccc(CN)cc1Oc1cccc(C(F)(F)F)n1. The van der Waals surface area contributed by atoms with Crippen LogP contribution < -0.4 is 10.5 Å². The summed E-state index contributed by atoms with van der Waals surface area (Å²) >= 11 is 0. The standard InChI is InChI=1S/C14H13F3N2O/c1-9-5-6-10(8-18)7-11(9)20-13-4-2-3-12(19-13)14(15,16)17/h2-7H,8,18H2,1H3. The fourth-order valence-corrected chi connectivity index (χ4v) is 1.62. The van der Waals surface area contributed by atoms with Crippen LogP contribution in [0.3, 0.4) is 0 Å². The minimum atomic E-state index is -4.49. The highest BCUT2D eigenvalue weighted by atomic mass is 19.4. The summed E-state index contributed by atoms with van der Waals surface area (Å²) in [4.78, 5) is 3.46. The number of benzene rings is 1. The summed E-state index contributed by atoms with van der Waals surface area (Å²) in [7, 11) is 0. The van der Waals surface area contributed by atoms with Gasteiger partial charge in [0.1, 0.15) is 11.4 Å². The Bertz CT molecular complexity index is 612. The molecule has 2 rings (SSSR count). The zero-order valence-electron chi connectivity index (χ0n) is 10.7. The molecule has 0 saturated carbocycles. The predicted molar refractivity (Wildman–Crippen MR) is 68.4 cm³/mol. The third-order valence-corrected chi connectivity index (χ3v) is 2.72. The number of hydrogen-bond acceptors (Lipinski definition) is 3. The van der Waals surface area contributed by atoms with Gasteiger partial charge in [0.2, 0.25) is 5.88 Å². The second-order valence-corrected chi connectivity index (χ2v) is 4.26. The number of ether oxygens (including phenoxy) is 1. The average molecular weight is 282 g/mol. The maximum absolute atomic E-state index is 12.6. The summed E-state index contributed by atoms with van der Waals surface area (Å²) in [6.07, 6.45) is -4.49. The molecule has 0 amide bonds. The molecular weight excluding hydrogens is 269 g/mol. The van der Waals surface area contributed by atoms with Gasteiger partial charge in [-0.15, -0.1) is 0 Å². The van der Waals surface area contributed by atoms with Crippen LogP contribution in [-0.4, -0.2) is 4.98 Å². The van der Waals surface area contributed by atoms with Crippen molar-refractivity contribution in [1.82, 2.24) is 4.98 Å². The monoisotopic (exact) mass is 282 g/mol. The Kier molecular flexibility index (Phi) is 3.94. The van der Waals surface area contributed by atoms with Gasteiger partial charge in [0, 0.05) is 12.6 Å². The fourth-order valence-electron chi connectivity index (χ4n) is 1.62. The van der Waals surface area contributed by atoms with Gasteiger partial charge < -0.3 is 10.5 Å². The number of pyridine rings is 1. The van der Waals surface area contributed by atoms with Crippen LogP contribution in [-0.2, 0) is 12.7 Å². The molecule has 0 aliphatic carbocycles. The van der Waals surface area contributed by atoms with E-state index in [-0.39, 0.29) is 5.88 Å². The van der Waals surface area contributed by atoms with Crippen LogP contribution in [0.2, 0.25) is 0 Å². The molecule has 2 aromatic rings. The highest BCUT2D eigenvalue weighted by Gasteiger charge is 2.32. The molecule has 1 aromatic heterocycles. The minimum absolute atomic E-state index is 0.0999. The van der Waals surface area contributed by atoms with Gasteiger partial charge in [0.05, 0.1) is 0 Å². The first-order valence-corrected chi connectivity index (χ1v) is 5.92. The van der Waals surface area contributed by atoms with E-state index in [0.717, 1.165) is 17.2 Å². The number of rotatable bonds is 3. The van der Waals surface area contributed by atoms with E-state index in [1.807, 2.05) is 6.07 Å². The van der Waals surface area contributed by atoms with Crippen LogP contribution in [0, 0.1) is 6.92 Å². The second-order valence-electron chi connectivity index (χ2n) is 4.26. The molecule has 6 heteroatoms. The van der Waals surface area contributed by atoms with Crippen LogP contribution >= 0.6 is 0 Å². The summed E-state index contributed by atoms with van der Waals surface area (Å²) in [6.45, 7) is 2.12. The number of aromatic nitrogens is 1. The first kappa shape index (κ1) is 14.3. The quantitative estimate of drug-likeness (QED) is 0.934. The lowest BCUT2D eigenvalue weighted by Gasteiger charge is -2.11. The summed E-state index contributed by atoms with van der Waals surface area (Å²) in [5.74, 6) is 0.344. The van der Waals surface area contributed by atoms with Crippen molar-refractivity contribution in [1.29, 1.82) is 0 Å². The molecule has 0 atom stereocenters. The molecule has 0 fully saturated rings. The summed E-state index contributed by atoms with van der Waals surface area (Å²) in [6, 6.07) is 8.86. The number of nitrogens with zero attached hydrogens (tertiary/aromatic N) is 1. The normalized spacial score (nSPS) is 11.4. The van der Waals surface area contributed by atoms with Gasteiger partial charge in [-0.1, -0.05) is 18.2 Å². The summed E-state index contributed by atoms with van der Waals surface area (Å²) in [5.41, 5.74) is 6.16. The Morgan fingerprint density at radius 1 is 1.20 bits per heavy atom. The van der Waals surface area contributed by atoms with E-state index in [9.17, 15) is 13.2 Å². The topological polar surface area (TPSA) is 48.1 Å². The van der Waals surface area contributed by atoms with Crippen molar-refractivity contribution in [2.24, 2.45) is 5.73 Å². The van der Waals surface area contributed by atoms with Crippen molar-refractivity contribution in [2.75, 3.05) is 0 Å². The van der Waals surface area contributed by atoms with Crippen molar-refractivity contribution < 1.29 is 17.9 Å². The molecule has 0 radical (unpaired) electrons. The van der Waals surface area contributed by atoms with Crippen LogP contribution in [0.5, 0.6) is 11.6 Å². The predicted octanol–water partition coefficient (Wildman–Crippen LogP) is 3.66. The van der Waals surface area contributed by atoms with E-state index in [2.05, 4.69) is 4.98 Å². The molecule has 0 aliphatic heterocycles. The molecule has 1 aromatic carbocycles. The van der Waals surface area contributed by atoms with Crippen LogP contribution in [0.1, 0.15) is 16.8 Å². The van der Waals surface area contributed by atoms with Crippen LogP contribution in [0.4, 0.5) is 13.2 Å². The lowest BCUT2D eigenvalue weighted by Crippen LogP contribution is -2.08. The molecule has 20 heavy (non-hydrogen) atoms. The molecule has 0 spiro atoms. The van der Waals surface area contributed by atoms with Gasteiger partial charge >= 0.3 is 6.18 Å². The third-order valence-electron chi connectivity index (χ3n) is 2.72. The summed E-state index contributed by atoms with van der Waals surface area (Å²) in [5, 5.41) is 0. The van der Waals surface area contributed by atoms with Gasteiger partial charge in [-0.2, -0.15) is 13.2 Å². The summed E-state index contributed by atoms with van der Waals surface area (Å²) < 4.78 is 43.1. The molecule has 106 valence electrons. The number of alkyl halides is 3. The van der Waals surface area contributed by atoms with Crippen LogP contribution in [0.15, 0.2) is 36.4 Å². The molecular formula is C14H13F3N2O. The minimum Gasteiger partial charge on any atom is -0.439 e. The zero-order chi connectivity index (χ0) is 14.8. The number of halogens is 3. The lowest BCUT2D eigenvalue weighted by atomic mass is 10.1. The Morgan fingerprint density at radius 2 is 1.95 bits per heavy atom. The van der Waals surface area contributed by atoms with Crippen molar-refractivity contribution in [2.45, 2.75) is 19.6 Å². The Balaban J connectivity index is 2.30. The molecule has 0 bridgehead atoms. The van der Waals surface area contributed by atoms with Crippen molar-refractivity contribution in [3.63, 3.8) is 0 Å². The number of nitrogens with two attached hydrogens (primary N) is 1. The van der Waals surface area contributed by atoms with Crippen molar-refractivity contribution >= 4 is 0 Å². The van der Waals surface area contributed by atoms with E-state index in [0.29, 0.717) is 12.3 Å². The molecule has 0 unspecified atom stereocenters. The maximum Gasteiger partial charge on any atom is 0.433 e. The zero-order valence-corrected chi connectivity index (χ0v) is 10.7. The second kappa shape index (κ2) is 5.50. The molecule has 3 nitrogen and oxygen atoms in total. The Morgan fingerprint density at radius 3 is 2.60 bits per heavy atom. The number of aryl methyl sites for hydroxylation is 1. The van der Waals surface area contributed by atoms with E-state index in [1.54, 1.807) is 19.1 Å². The Hall–Kier alpha value is -2.08. The molecule has 1 heterocycles. The first-order valence-electron chi connectivity index (χ1n) is 5.92. The molecule has 0 saturated heterocycles.